The molecular weight excluding hydrogens is 244 g/mol. The second-order valence-corrected chi connectivity index (χ2v) is 5.46. The normalized spacial score (nSPS) is 10.4. The molecule has 0 atom stereocenters. The lowest BCUT2D eigenvalue weighted by Gasteiger charge is -2.08. The Labute approximate surface area is 111 Å². The fourth-order valence-corrected chi connectivity index (χ4v) is 2.41. The number of benzene rings is 1. The fourth-order valence-electron chi connectivity index (χ4n) is 1.80. The topological polar surface area (TPSA) is 42.0 Å². The summed E-state index contributed by atoms with van der Waals surface area (Å²) < 4.78 is 0. The number of nitrogens with zero attached hydrogens (tertiary/aromatic N) is 1. The van der Waals surface area contributed by atoms with Crippen LogP contribution in [-0.4, -0.2) is 10.9 Å². The van der Waals surface area contributed by atoms with E-state index in [4.69, 9.17) is 0 Å². The molecule has 0 fully saturated rings. The molecule has 0 saturated carbocycles. The van der Waals surface area contributed by atoms with Gasteiger partial charge < -0.3 is 5.32 Å². The van der Waals surface area contributed by atoms with E-state index in [1.165, 1.54) is 5.56 Å². The standard InChI is InChI=1S/C14H16N2OS/c1-9-4-5-13(10(2)6-9)16-14(17)7-12-8-18-11(3)15-12/h4-6,8H,7H2,1-3H3,(H,16,17). The minimum Gasteiger partial charge on any atom is -0.326 e. The van der Waals surface area contributed by atoms with Crippen molar-refractivity contribution in [3.8, 4) is 0 Å². The van der Waals surface area contributed by atoms with E-state index >= 15 is 0 Å². The van der Waals surface area contributed by atoms with Crippen molar-refractivity contribution in [2.75, 3.05) is 5.32 Å². The van der Waals surface area contributed by atoms with E-state index in [2.05, 4.69) is 16.4 Å². The van der Waals surface area contributed by atoms with Crippen LogP contribution >= 0.6 is 11.3 Å². The third-order valence-electron chi connectivity index (χ3n) is 2.66. The van der Waals surface area contributed by atoms with Crippen LogP contribution in [0.3, 0.4) is 0 Å². The van der Waals surface area contributed by atoms with E-state index in [1.54, 1.807) is 11.3 Å². The van der Waals surface area contributed by atoms with Gasteiger partial charge in [-0.2, -0.15) is 0 Å². The van der Waals surface area contributed by atoms with Crippen molar-refractivity contribution in [2.24, 2.45) is 0 Å². The summed E-state index contributed by atoms with van der Waals surface area (Å²) in [6, 6.07) is 5.99. The third kappa shape index (κ3) is 3.17. The molecular formula is C14H16N2OS. The van der Waals surface area contributed by atoms with E-state index < -0.39 is 0 Å². The molecule has 0 unspecified atom stereocenters. The summed E-state index contributed by atoms with van der Waals surface area (Å²) in [5, 5.41) is 5.84. The van der Waals surface area contributed by atoms with Crippen LogP contribution < -0.4 is 5.32 Å². The van der Waals surface area contributed by atoms with Crippen LogP contribution in [0, 0.1) is 20.8 Å². The van der Waals surface area contributed by atoms with Crippen LogP contribution in [-0.2, 0) is 11.2 Å². The van der Waals surface area contributed by atoms with Crippen molar-refractivity contribution in [3.05, 3.63) is 45.4 Å². The molecule has 2 rings (SSSR count). The summed E-state index contributed by atoms with van der Waals surface area (Å²) in [6.07, 6.45) is 0.331. The predicted octanol–water partition coefficient (Wildman–Crippen LogP) is 3.25. The van der Waals surface area contributed by atoms with Gasteiger partial charge in [-0.3, -0.25) is 4.79 Å². The number of thiazole rings is 1. The molecule has 0 spiro atoms. The molecule has 0 aliphatic heterocycles. The Balaban J connectivity index is 2.03. The summed E-state index contributed by atoms with van der Waals surface area (Å²) >= 11 is 1.57. The molecule has 1 aromatic heterocycles. The quantitative estimate of drug-likeness (QED) is 0.920. The Kier molecular flexibility index (Phi) is 3.77. The Morgan fingerprint density at radius 1 is 1.33 bits per heavy atom. The Bertz CT molecular complexity index is 575. The fraction of sp³-hybridized carbons (Fsp3) is 0.286. The smallest absolute Gasteiger partial charge is 0.230 e. The molecule has 0 saturated heterocycles. The van der Waals surface area contributed by atoms with Crippen molar-refractivity contribution in [1.29, 1.82) is 0 Å². The number of amides is 1. The SMILES string of the molecule is Cc1ccc(NC(=O)Cc2csc(C)n2)c(C)c1. The average Bonchev–Trinajstić information content (AvgIpc) is 2.68. The van der Waals surface area contributed by atoms with Crippen LogP contribution in [0.5, 0.6) is 0 Å². The van der Waals surface area contributed by atoms with Crippen LogP contribution in [0.15, 0.2) is 23.6 Å². The molecule has 18 heavy (non-hydrogen) atoms. The number of aryl methyl sites for hydroxylation is 3. The number of hydrogen-bond acceptors (Lipinski definition) is 3. The maximum atomic E-state index is 11.9. The number of carbonyl (C=O) groups excluding carboxylic acids is 1. The van der Waals surface area contributed by atoms with E-state index in [0.29, 0.717) is 6.42 Å². The molecule has 0 aliphatic rings. The molecule has 3 nitrogen and oxygen atoms in total. The first-order valence-electron chi connectivity index (χ1n) is 5.82. The van der Waals surface area contributed by atoms with Crippen LogP contribution in [0.4, 0.5) is 5.69 Å². The number of rotatable bonds is 3. The van der Waals surface area contributed by atoms with Crippen molar-refractivity contribution < 1.29 is 4.79 Å². The largest absolute Gasteiger partial charge is 0.326 e. The average molecular weight is 260 g/mol. The first kappa shape index (κ1) is 12.8. The van der Waals surface area contributed by atoms with Gasteiger partial charge in [0.05, 0.1) is 17.1 Å². The molecule has 0 radical (unpaired) electrons. The second-order valence-electron chi connectivity index (χ2n) is 4.40. The maximum Gasteiger partial charge on any atom is 0.230 e. The van der Waals surface area contributed by atoms with Gasteiger partial charge >= 0.3 is 0 Å². The second kappa shape index (κ2) is 5.31. The highest BCUT2D eigenvalue weighted by atomic mass is 32.1. The van der Waals surface area contributed by atoms with Gasteiger partial charge in [0, 0.05) is 11.1 Å². The summed E-state index contributed by atoms with van der Waals surface area (Å²) in [4.78, 5) is 16.2. The molecule has 0 bridgehead atoms. The summed E-state index contributed by atoms with van der Waals surface area (Å²) in [5.41, 5.74) is 3.98. The lowest BCUT2D eigenvalue weighted by molar-refractivity contribution is -0.115. The summed E-state index contributed by atoms with van der Waals surface area (Å²) in [5.74, 6) is -0.0211. The van der Waals surface area contributed by atoms with Gasteiger partial charge in [-0.05, 0) is 32.4 Å². The van der Waals surface area contributed by atoms with Crippen LogP contribution in [0.1, 0.15) is 21.8 Å². The first-order chi connectivity index (χ1) is 8.54. The molecule has 0 aliphatic carbocycles. The minimum atomic E-state index is -0.0211. The number of aromatic nitrogens is 1. The van der Waals surface area contributed by atoms with Gasteiger partial charge in [-0.1, -0.05) is 17.7 Å². The van der Waals surface area contributed by atoms with Gasteiger partial charge in [0.1, 0.15) is 0 Å². The lowest BCUT2D eigenvalue weighted by Crippen LogP contribution is -2.15. The van der Waals surface area contributed by atoms with E-state index in [9.17, 15) is 4.79 Å². The van der Waals surface area contributed by atoms with Gasteiger partial charge in [-0.15, -0.1) is 11.3 Å². The zero-order valence-corrected chi connectivity index (χ0v) is 11.6. The van der Waals surface area contributed by atoms with Gasteiger partial charge in [0.2, 0.25) is 5.91 Å². The van der Waals surface area contributed by atoms with Crippen LogP contribution in [0.2, 0.25) is 0 Å². The Hall–Kier alpha value is -1.68. The highest BCUT2D eigenvalue weighted by Gasteiger charge is 2.08. The molecule has 1 amide bonds. The molecule has 1 N–H and O–H groups in total. The maximum absolute atomic E-state index is 11.9. The number of carbonyl (C=O) groups is 1. The summed E-state index contributed by atoms with van der Waals surface area (Å²) in [7, 11) is 0. The Morgan fingerprint density at radius 2 is 2.11 bits per heavy atom. The van der Waals surface area contributed by atoms with E-state index in [1.807, 2.05) is 38.3 Å². The zero-order chi connectivity index (χ0) is 13.1. The lowest BCUT2D eigenvalue weighted by atomic mass is 10.1. The van der Waals surface area contributed by atoms with Crippen molar-refractivity contribution in [2.45, 2.75) is 27.2 Å². The highest BCUT2D eigenvalue weighted by Crippen LogP contribution is 2.16. The molecule has 1 aromatic carbocycles. The minimum absolute atomic E-state index is 0.0211. The molecule has 1 heterocycles. The predicted molar refractivity (Wildman–Crippen MR) is 75.1 cm³/mol. The highest BCUT2D eigenvalue weighted by molar-refractivity contribution is 7.09. The Morgan fingerprint density at radius 3 is 2.72 bits per heavy atom. The van der Waals surface area contributed by atoms with Crippen molar-refractivity contribution in [3.63, 3.8) is 0 Å². The number of hydrogen-bond donors (Lipinski definition) is 1. The third-order valence-corrected chi connectivity index (χ3v) is 3.49. The van der Waals surface area contributed by atoms with Crippen molar-refractivity contribution in [1.82, 2.24) is 4.98 Å². The van der Waals surface area contributed by atoms with E-state index in [-0.39, 0.29) is 5.91 Å². The zero-order valence-electron chi connectivity index (χ0n) is 10.8. The first-order valence-corrected chi connectivity index (χ1v) is 6.70. The van der Waals surface area contributed by atoms with Crippen molar-refractivity contribution >= 4 is 22.9 Å². The van der Waals surface area contributed by atoms with Crippen LogP contribution in [0.25, 0.3) is 0 Å². The monoisotopic (exact) mass is 260 g/mol. The van der Waals surface area contributed by atoms with Gasteiger partial charge in [0.25, 0.3) is 0 Å². The molecule has 2 aromatic rings. The van der Waals surface area contributed by atoms with E-state index in [0.717, 1.165) is 22.0 Å². The summed E-state index contributed by atoms with van der Waals surface area (Å²) in [6.45, 7) is 5.97. The number of anilines is 1. The number of nitrogens with one attached hydrogen (secondary N) is 1. The molecule has 94 valence electrons. The van der Waals surface area contributed by atoms with Gasteiger partial charge in [0.15, 0.2) is 0 Å². The molecule has 4 heteroatoms. The van der Waals surface area contributed by atoms with Gasteiger partial charge in [-0.25, -0.2) is 4.98 Å².